The minimum Gasteiger partial charge on any atom is -0.469 e. The summed E-state index contributed by atoms with van der Waals surface area (Å²) in [7, 11) is 1.38. The maximum absolute atomic E-state index is 11.1. The molecule has 0 saturated heterocycles. The molecule has 0 bridgehead atoms. The molecule has 0 aliphatic rings. The van der Waals surface area contributed by atoms with Gasteiger partial charge in [-0.05, 0) is 13.3 Å². The lowest BCUT2D eigenvalue weighted by atomic mass is 10.1. The highest BCUT2D eigenvalue weighted by Crippen LogP contribution is 2.16. The monoisotopic (exact) mass is 438 g/mol. The molecule has 1 heterocycles. The summed E-state index contributed by atoms with van der Waals surface area (Å²) < 4.78 is 9.95. The molecule has 0 fully saturated rings. The first-order chi connectivity index (χ1) is 10.7. The first kappa shape index (κ1) is 21.7. The summed E-state index contributed by atoms with van der Waals surface area (Å²) in [6.07, 6.45) is 1.92. The van der Waals surface area contributed by atoms with Crippen molar-refractivity contribution >= 4 is 35.9 Å². The largest absolute Gasteiger partial charge is 0.469 e. The number of hydrogen-bond acceptors (Lipinski definition) is 5. The topological polar surface area (TPSA) is 88.8 Å². The van der Waals surface area contributed by atoms with Crippen LogP contribution in [0.3, 0.4) is 0 Å². The highest BCUT2D eigenvalue weighted by Gasteiger charge is 2.13. The molecule has 1 aromatic heterocycles. The van der Waals surface area contributed by atoms with Crippen LogP contribution in [-0.4, -0.2) is 37.3 Å². The van der Waals surface area contributed by atoms with E-state index < -0.39 is 0 Å². The van der Waals surface area contributed by atoms with Gasteiger partial charge in [0.2, 0.25) is 0 Å². The Labute approximate surface area is 154 Å². The van der Waals surface area contributed by atoms with Crippen LogP contribution in [0.5, 0.6) is 0 Å². The number of aliphatic imine (C=N–C) groups is 1. The third kappa shape index (κ3) is 7.19. The molecule has 1 rings (SSSR count). The number of hydrogen-bond donors (Lipinski definition) is 2. The summed E-state index contributed by atoms with van der Waals surface area (Å²) >= 11 is 0. The molecule has 7 nitrogen and oxygen atoms in total. The van der Waals surface area contributed by atoms with Crippen LogP contribution in [0.4, 0.5) is 0 Å². The number of rotatable bonds is 8. The second-order valence-electron chi connectivity index (χ2n) is 4.69. The molecule has 2 N–H and O–H groups in total. The number of esters is 1. The van der Waals surface area contributed by atoms with E-state index in [1.165, 1.54) is 7.11 Å². The van der Waals surface area contributed by atoms with Crippen molar-refractivity contribution in [1.29, 1.82) is 0 Å². The maximum Gasteiger partial charge on any atom is 0.307 e. The molecular formula is C15H27IN4O3. The highest BCUT2D eigenvalue weighted by molar-refractivity contribution is 14.0. The molecule has 1 aromatic rings. The van der Waals surface area contributed by atoms with Gasteiger partial charge in [0.1, 0.15) is 5.76 Å². The standard InChI is InChI=1S/C15H26N4O3.HI/c1-5-12-11(13(6-2)22-19-12)10-18-15(16-7-3)17-9-8-14(20)21-4;/h5-10H2,1-4H3,(H2,16,17,18);1H. The minimum atomic E-state index is -0.246. The number of carbonyl (C=O) groups excluding carboxylic acids is 1. The van der Waals surface area contributed by atoms with E-state index in [0.717, 1.165) is 36.4 Å². The van der Waals surface area contributed by atoms with Crippen molar-refractivity contribution in [2.45, 2.75) is 46.6 Å². The third-order valence-electron chi connectivity index (χ3n) is 3.20. The highest BCUT2D eigenvalue weighted by atomic mass is 127. The van der Waals surface area contributed by atoms with Gasteiger partial charge in [0, 0.05) is 25.1 Å². The Morgan fingerprint density at radius 1 is 1.26 bits per heavy atom. The zero-order valence-electron chi connectivity index (χ0n) is 14.3. The SMILES string of the molecule is CCNC(=NCc1c(CC)noc1CC)NCCC(=O)OC.I. The zero-order chi connectivity index (χ0) is 16.4. The fraction of sp³-hybridized carbons (Fsp3) is 0.667. The minimum absolute atomic E-state index is 0. The van der Waals surface area contributed by atoms with E-state index in [0.29, 0.717) is 25.5 Å². The van der Waals surface area contributed by atoms with Gasteiger partial charge >= 0.3 is 5.97 Å². The van der Waals surface area contributed by atoms with E-state index in [1.807, 2.05) is 20.8 Å². The van der Waals surface area contributed by atoms with Gasteiger partial charge in [0.05, 0.1) is 25.8 Å². The van der Waals surface area contributed by atoms with Gasteiger partial charge in [0.15, 0.2) is 5.96 Å². The Morgan fingerprint density at radius 2 is 2.00 bits per heavy atom. The van der Waals surface area contributed by atoms with Crippen LogP contribution in [0, 0.1) is 0 Å². The van der Waals surface area contributed by atoms with Crippen LogP contribution in [-0.2, 0) is 28.9 Å². The zero-order valence-corrected chi connectivity index (χ0v) is 16.6. The Balaban J connectivity index is 0.00000484. The Hall–Kier alpha value is -1.32. The van der Waals surface area contributed by atoms with Crippen LogP contribution >= 0.6 is 24.0 Å². The number of halogens is 1. The molecule has 0 aliphatic heterocycles. The number of nitrogens with zero attached hydrogens (tertiary/aromatic N) is 2. The molecule has 0 unspecified atom stereocenters. The molecule has 0 amide bonds. The van der Waals surface area contributed by atoms with Crippen molar-refractivity contribution in [3.05, 3.63) is 17.0 Å². The second-order valence-corrected chi connectivity index (χ2v) is 4.69. The summed E-state index contributed by atoms with van der Waals surface area (Å²) in [6, 6.07) is 0. The normalized spacial score (nSPS) is 10.9. The first-order valence-electron chi connectivity index (χ1n) is 7.71. The smallest absolute Gasteiger partial charge is 0.307 e. The van der Waals surface area contributed by atoms with E-state index in [4.69, 9.17) is 4.52 Å². The Morgan fingerprint density at radius 3 is 2.57 bits per heavy atom. The fourth-order valence-electron chi connectivity index (χ4n) is 2.00. The van der Waals surface area contributed by atoms with Gasteiger partial charge in [-0.3, -0.25) is 4.79 Å². The van der Waals surface area contributed by atoms with E-state index in [2.05, 4.69) is 25.5 Å². The van der Waals surface area contributed by atoms with E-state index in [9.17, 15) is 4.79 Å². The quantitative estimate of drug-likeness (QED) is 0.280. The average molecular weight is 438 g/mol. The van der Waals surface area contributed by atoms with Gasteiger partial charge in [-0.15, -0.1) is 24.0 Å². The van der Waals surface area contributed by atoms with E-state index in [-0.39, 0.29) is 29.9 Å². The maximum atomic E-state index is 11.1. The van der Waals surface area contributed by atoms with E-state index in [1.54, 1.807) is 0 Å². The van der Waals surface area contributed by atoms with Crippen molar-refractivity contribution < 1.29 is 14.1 Å². The Kier molecular flexibility index (Phi) is 11.4. The van der Waals surface area contributed by atoms with Gasteiger partial charge in [-0.2, -0.15) is 0 Å². The molecule has 0 saturated carbocycles. The van der Waals surface area contributed by atoms with Crippen LogP contribution < -0.4 is 10.6 Å². The van der Waals surface area contributed by atoms with Gasteiger partial charge in [-0.1, -0.05) is 19.0 Å². The van der Waals surface area contributed by atoms with Crippen LogP contribution in [0.2, 0.25) is 0 Å². The molecule has 0 radical (unpaired) electrons. The number of ether oxygens (including phenoxy) is 1. The lowest BCUT2D eigenvalue weighted by Gasteiger charge is -2.10. The predicted molar refractivity (Wildman–Crippen MR) is 100 cm³/mol. The molecule has 0 spiro atoms. The van der Waals surface area contributed by atoms with Crippen molar-refractivity contribution in [1.82, 2.24) is 15.8 Å². The average Bonchev–Trinajstić information content (AvgIpc) is 2.94. The third-order valence-corrected chi connectivity index (χ3v) is 3.20. The molecular weight excluding hydrogens is 411 g/mol. The summed E-state index contributed by atoms with van der Waals surface area (Å²) in [6.45, 7) is 7.80. The number of aryl methyl sites for hydroxylation is 2. The number of aromatic nitrogens is 1. The Bertz CT molecular complexity index is 481. The number of methoxy groups -OCH3 is 1. The van der Waals surface area contributed by atoms with Gasteiger partial charge in [-0.25, -0.2) is 4.99 Å². The first-order valence-corrected chi connectivity index (χ1v) is 7.71. The van der Waals surface area contributed by atoms with Crippen LogP contribution in [0.1, 0.15) is 44.2 Å². The number of guanidine groups is 1. The van der Waals surface area contributed by atoms with Gasteiger partial charge in [0.25, 0.3) is 0 Å². The predicted octanol–water partition coefficient (Wildman–Crippen LogP) is 2.04. The summed E-state index contributed by atoms with van der Waals surface area (Å²) in [5.41, 5.74) is 2.00. The lowest BCUT2D eigenvalue weighted by Crippen LogP contribution is -2.38. The van der Waals surface area contributed by atoms with Gasteiger partial charge < -0.3 is 19.9 Å². The molecule has 0 aliphatic carbocycles. The molecule has 0 aromatic carbocycles. The van der Waals surface area contributed by atoms with Crippen molar-refractivity contribution in [2.75, 3.05) is 20.2 Å². The summed E-state index contributed by atoms with van der Waals surface area (Å²) in [4.78, 5) is 15.7. The molecule has 132 valence electrons. The van der Waals surface area contributed by atoms with Crippen molar-refractivity contribution in [3.63, 3.8) is 0 Å². The lowest BCUT2D eigenvalue weighted by molar-refractivity contribution is -0.140. The number of carbonyl (C=O) groups is 1. The molecule has 23 heavy (non-hydrogen) atoms. The molecule has 8 heteroatoms. The van der Waals surface area contributed by atoms with E-state index >= 15 is 0 Å². The van der Waals surface area contributed by atoms with Crippen LogP contribution in [0.25, 0.3) is 0 Å². The van der Waals surface area contributed by atoms with Crippen molar-refractivity contribution in [3.8, 4) is 0 Å². The summed E-state index contributed by atoms with van der Waals surface area (Å²) in [5.74, 6) is 1.30. The van der Waals surface area contributed by atoms with Crippen LogP contribution in [0.15, 0.2) is 9.52 Å². The summed E-state index contributed by atoms with van der Waals surface area (Å²) in [5, 5.41) is 10.3. The fourth-order valence-corrected chi connectivity index (χ4v) is 2.00. The van der Waals surface area contributed by atoms with Crippen molar-refractivity contribution in [2.24, 2.45) is 4.99 Å². The molecule has 0 atom stereocenters. The number of nitrogens with one attached hydrogen (secondary N) is 2. The second kappa shape index (κ2) is 12.1.